The van der Waals surface area contributed by atoms with Crippen LogP contribution in [0.2, 0.25) is 0 Å². The van der Waals surface area contributed by atoms with E-state index >= 15 is 0 Å². The molecule has 0 atom stereocenters. The number of nitrogens with two attached hydrogens (primary N) is 1. The smallest absolute Gasteiger partial charge is 0.227 e. The zero-order valence-electron chi connectivity index (χ0n) is 30.2. The number of nitrogens with one attached hydrogen (secondary N) is 1. The molecule has 0 spiro atoms. The Labute approximate surface area is 312 Å². The van der Waals surface area contributed by atoms with Crippen molar-refractivity contribution in [2.75, 3.05) is 37.5 Å². The molecular formula is C44H42N6O4. The number of hydrogen-bond donors (Lipinski definition) is 2. The summed E-state index contributed by atoms with van der Waals surface area (Å²) < 4.78 is 25.2. The van der Waals surface area contributed by atoms with Gasteiger partial charge in [0.25, 0.3) is 0 Å². The van der Waals surface area contributed by atoms with E-state index in [0.29, 0.717) is 29.6 Å². The molecule has 0 amide bonds. The highest BCUT2D eigenvalue weighted by Crippen LogP contribution is 2.36. The van der Waals surface area contributed by atoms with Crippen LogP contribution in [0, 0.1) is 6.92 Å². The molecule has 0 saturated carbocycles. The first-order valence-corrected chi connectivity index (χ1v) is 18.7. The molecule has 3 aromatic heterocycles. The van der Waals surface area contributed by atoms with Crippen LogP contribution in [0.5, 0.6) is 0 Å². The van der Waals surface area contributed by atoms with E-state index in [4.69, 9.17) is 29.0 Å². The molecule has 10 rings (SSSR count). The van der Waals surface area contributed by atoms with E-state index in [1.807, 2.05) is 66.7 Å². The van der Waals surface area contributed by atoms with Gasteiger partial charge in [-0.3, -0.25) is 0 Å². The van der Waals surface area contributed by atoms with E-state index in [1.54, 1.807) is 0 Å². The van der Waals surface area contributed by atoms with Crippen molar-refractivity contribution >= 4 is 44.6 Å². The topological polar surface area (TPSA) is 126 Å². The molecule has 0 bridgehead atoms. The number of benzene rings is 5. The lowest BCUT2D eigenvalue weighted by Gasteiger charge is -2.26. The minimum Gasteiger partial charge on any atom is -0.436 e. The van der Waals surface area contributed by atoms with Crippen LogP contribution in [-0.2, 0) is 9.47 Å². The van der Waals surface area contributed by atoms with Gasteiger partial charge in [-0.05, 0) is 98.8 Å². The summed E-state index contributed by atoms with van der Waals surface area (Å²) in [5.41, 5.74) is 17.5. The van der Waals surface area contributed by atoms with Gasteiger partial charge in [-0.25, -0.2) is 15.0 Å². The molecule has 5 heterocycles. The summed E-state index contributed by atoms with van der Waals surface area (Å²) in [5, 5.41) is 3.50. The Kier molecular flexibility index (Phi) is 9.28. The molecule has 0 radical (unpaired) electrons. The maximum Gasteiger partial charge on any atom is 0.227 e. The number of fused-ring (bicyclic) bond motifs is 3. The van der Waals surface area contributed by atoms with Crippen LogP contribution < -0.4 is 11.1 Å². The van der Waals surface area contributed by atoms with Crippen molar-refractivity contribution in [3.63, 3.8) is 0 Å². The fraction of sp³-hybridized carbons (Fsp3) is 0.250. The first-order chi connectivity index (χ1) is 26.6. The Balaban J connectivity index is 0.000000149. The standard InChI is InChI=1S/C26H23N3O2.C18H19N3O2/c1-17-6-2-3-7-20(17)25-27-22-16-18(26-28-21-8-4-5-9-24(21)31-26)10-11-23(22)29(25)19-12-14-30-15-13-19;19-14-11-12(18-21-16-3-1-2-4-17(16)23-18)5-6-15(14)20-13-7-9-22-10-8-13/h2-11,16,19H,12-15H2,1H3;1-6,11,13,20H,7-10,19H2. The number of para-hydroxylation sites is 4. The highest BCUT2D eigenvalue weighted by Gasteiger charge is 2.24. The predicted molar refractivity (Wildman–Crippen MR) is 213 cm³/mol. The first kappa shape index (κ1) is 33.8. The average molecular weight is 719 g/mol. The number of ether oxygens (including phenoxy) is 2. The number of anilines is 2. The Morgan fingerprint density at radius 1 is 0.630 bits per heavy atom. The van der Waals surface area contributed by atoms with Gasteiger partial charge in [0.2, 0.25) is 11.8 Å². The molecule has 3 N–H and O–H groups in total. The summed E-state index contributed by atoms with van der Waals surface area (Å²) in [4.78, 5) is 14.3. The number of aromatic nitrogens is 4. The highest BCUT2D eigenvalue weighted by atomic mass is 16.5. The van der Waals surface area contributed by atoms with Gasteiger partial charge in [-0.2, -0.15) is 0 Å². The van der Waals surface area contributed by atoms with Gasteiger partial charge in [-0.15, -0.1) is 0 Å². The van der Waals surface area contributed by atoms with Gasteiger partial charge in [0.15, 0.2) is 11.2 Å². The molecule has 5 aromatic carbocycles. The minimum atomic E-state index is 0.378. The molecule has 8 aromatic rings. The number of imidazole rings is 1. The molecule has 0 aliphatic carbocycles. The number of aryl methyl sites for hydroxylation is 1. The summed E-state index contributed by atoms with van der Waals surface area (Å²) in [6.45, 7) is 5.33. The molecule has 2 fully saturated rings. The van der Waals surface area contributed by atoms with Crippen molar-refractivity contribution in [1.82, 2.24) is 19.5 Å². The number of nitrogen functional groups attached to an aromatic ring is 1. The Bertz CT molecular complexity index is 2490. The Hall–Kier alpha value is -5.97. The summed E-state index contributed by atoms with van der Waals surface area (Å²) in [6, 6.07) is 37.1. The zero-order chi connectivity index (χ0) is 36.4. The predicted octanol–water partition coefficient (Wildman–Crippen LogP) is 9.84. The Morgan fingerprint density at radius 3 is 1.87 bits per heavy atom. The van der Waals surface area contributed by atoms with Gasteiger partial charge in [0, 0.05) is 55.2 Å². The highest BCUT2D eigenvalue weighted by molar-refractivity contribution is 5.86. The quantitative estimate of drug-likeness (QED) is 0.162. The van der Waals surface area contributed by atoms with Crippen molar-refractivity contribution in [1.29, 1.82) is 0 Å². The first-order valence-electron chi connectivity index (χ1n) is 18.7. The van der Waals surface area contributed by atoms with Gasteiger partial charge in [-0.1, -0.05) is 48.5 Å². The van der Waals surface area contributed by atoms with Crippen molar-refractivity contribution in [3.8, 4) is 34.3 Å². The zero-order valence-corrected chi connectivity index (χ0v) is 30.2. The van der Waals surface area contributed by atoms with E-state index in [-0.39, 0.29) is 0 Å². The van der Waals surface area contributed by atoms with Crippen LogP contribution in [0.25, 0.3) is 67.5 Å². The summed E-state index contributed by atoms with van der Waals surface area (Å²) in [5.74, 6) is 2.24. The fourth-order valence-electron chi connectivity index (χ4n) is 7.44. The molecule has 2 aliphatic rings. The van der Waals surface area contributed by atoms with Crippen LogP contribution in [0.4, 0.5) is 11.4 Å². The monoisotopic (exact) mass is 718 g/mol. The summed E-state index contributed by atoms with van der Waals surface area (Å²) >= 11 is 0. The molecule has 10 heteroatoms. The Morgan fingerprint density at radius 2 is 1.22 bits per heavy atom. The van der Waals surface area contributed by atoms with Crippen molar-refractivity contribution in [3.05, 3.63) is 115 Å². The maximum atomic E-state index is 6.21. The third kappa shape index (κ3) is 6.81. The lowest BCUT2D eigenvalue weighted by Crippen LogP contribution is -2.28. The maximum absolute atomic E-state index is 6.21. The van der Waals surface area contributed by atoms with Crippen molar-refractivity contribution < 1.29 is 18.3 Å². The SMILES string of the molecule is Cc1ccccc1-c1nc2cc(-c3nc4ccccc4o3)ccc2n1C1CCOCC1.Nc1cc(-c2nc3ccccc3o2)ccc1NC1CCOCC1. The summed E-state index contributed by atoms with van der Waals surface area (Å²) in [6.07, 6.45) is 4.01. The third-order valence-electron chi connectivity index (χ3n) is 10.3. The van der Waals surface area contributed by atoms with E-state index in [9.17, 15) is 0 Å². The van der Waals surface area contributed by atoms with Crippen LogP contribution in [0.15, 0.2) is 118 Å². The van der Waals surface area contributed by atoms with E-state index in [2.05, 4.69) is 69.2 Å². The van der Waals surface area contributed by atoms with E-state index in [0.717, 1.165) is 108 Å². The number of nitrogens with zero attached hydrogens (tertiary/aromatic N) is 4. The van der Waals surface area contributed by atoms with Gasteiger partial charge in [0.1, 0.15) is 16.9 Å². The molecule has 2 aliphatic heterocycles. The number of hydrogen-bond acceptors (Lipinski definition) is 9. The molecule has 2 saturated heterocycles. The molecular weight excluding hydrogens is 677 g/mol. The van der Waals surface area contributed by atoms with Crippen molar-refractivity contribution in [2.45, 2.75) is 44.7 Å². The normalized spacial score (nSPS) is 15.4. The molecule has 54 heavy (non-hydrogen) atoms. The van der Waals surface area contributed by atoms with Crippen molar-refractivity contribution in [2.24, 2.45) is 0 Å². The lowest BCUT2D eigenvalue weighted by molar-refractivity contribution is 0.0710. The third-order valence-corrected chi connectivity index (χ3v) is 10.3. The second-order valence-electron chi connectivity index (χ2n) is 14.0. The van der Waals surface area contributed by atoms with Crippen LogP contribution in [0.3, 0.4) is 0 Å². The van der Waals surface area contributed by atoms with Crippen LogP contribution in [-0.4, -0.2) is 52.0 Å². The average Bonchev–Trinajstić information content (AvgIpc) is 3.95. The van der Waals surface area contributed by atoms with Gasteiger partial charge in [0.05, 0.1) is 22.4 Å². The van der Waals surface area contributed by atoms with Crippen LogP contribution in [0.1, 0.15) is 37.3 Å². The van der Waals surface area contributed by atoms with Crippen LogP contribution >= 0.6 is 0 Å². The molecule has 10 nitrogen and oxygen atoms in total. The number of oxazole rings is 2. The molecule has 272 valence electrons. The summed E-state index contributed by atoms with van der Waals surface area (Å²) in [7, 11) is 0. The van der Waals surface area contributed by atoms with Gasteiger partial charge >= 0.3 is 0 Å². The molecule has 0 unspecified atom stereocenters. The van der Waals surface area contributed by atoms with Gasteiger partial charge < -0.3 is 33.9 Å². The van der Waals surface area contributed by atoms with E-state index in [1.165, 1.54) is 11.1 Å². The largest absolute Gasteiger partial charge is 0.436 e. The lowest BCUT2D eigenvalue weighted by atomic mass is 10.1. The second kappa shape index (κ2) is 14.8. The fourth-order valence-corrected chi connectivity index (χ4v) is 7.44. The minimum absolute atomic E-state index is 0.378. The van der Waals surface area contributed by atoms with E-state index < -0.39 is 0 Å². The number of rotatable bonds is 6. The second-order valence-corrected chi connectivity index (χ2v) is 14.0.